The summed E-state index contributed by atoms with van der Waals surface area (Å²) in [6.07, 6.45) is 1.15. The Morgan fingerprint density at radius 3 is 2.63 bits per heavy atom. The van der Waals surface area contributed by atoms with Gasteiger partial charge in [-0.05, 0) is 56.3 Å². The standard InChI is InChI=1S/C16H22N2O/c1-11-4-3-5-12(2)15(11)16(19)18-7-6-13-8-17-9-14(13)10-18/h3-5,13-14,17H,6-10H2,1-2H3. The molecule has 0 aromatic heterocycles. The Hall–Kier alpha value is -1.35. The molecular weight excluding hydrogens is 236 g/mol. The van der Waals surface area contributed by atoms with Crippen molar-refractivity contribution in [3.8, 4) is 0 Å². The van der Waals surface area contributed by atoms with Gasteiger partial charge < -0.3 is 10.2 Å². The molecule has 1 amide bonds. The minimum atomic E-state index is 0.223. The second-order valence-corrected chi connectivity index (χ2v) is 5.99. The van der Waals surface area contributed by atoms with Gasteiger partial charge in [0.15, 0.2) is 0 Å². The van der Waals surface area contributed by atoms with E-state index < -0.39 is 0 Å². The van der Waals surface area contributed by atoms with E-state index in [1.807, 2.05) is 32.0 Å². The third-order valence-electron chi connectivity index (χ3n) is 4.69. The summed E-state index contributed by atoms with van der Waals surface area (Å²) < 4.78 is 0. The topological polar surface area (TPSA) is 32.3 Å². The number of fused-ring (bicyclic) bond motifs is 1. The summed E-state index contributed by atoms with van der Waals surface area (Å²) in [6, 6.07) is 6.09. The molecule has 2 aliphatic heterocycles. The van der Waals surface area contributed by atoms with Crippen molar-refractivity contribution in [1.29, 1.82) is 0 Å². The van der Waals surface area contributed by atoms with Gasteiger partial charge in [-0.2, -0.15) is 0 Å². The van der Waals surface area contributed by atoms with Crippen molar-refractivity contribution in [2.45, 2.75) is 20.3 Å². The molecule has 0 radical (unpaired) electrons. The summed E-state index contributed by atoms with van der Waals surface area (Å²) >= 11 is 0. The molecule has 3 nitrogen and oxygen atoms in total. The first kappa shape index (κ1) is 12.7. The number of amides is 1. The van der Waals surface area contributed by atoms with E-state index in [1.165, 1.54) is 0 Å². The van der Waals surface area contributed by atoms with Crippen molar-refractivity contribution in [1.82, 2.24) is 10.2 Å². The van der Waals surface area contributed by atoms with Crippen molar-refractivity contribution in [3.05, 3.63) is 34.9 Å². The van der Waals surface area contributed by atoms with E-state index in [-0.39, 0.29) is 5.91 Å². The van der Waals surface area contributed by atoms with E-state index in [2.05, 4.69) is 10.2 Å². The quantitative estimate of drug-likeness (QED) is 0.835. The average molecular weight is 258 g/mol. The number of piperidine rings is 1. The lowest BCUT2D eigenvalue weighted by molar-refractivity contribution is 0.0641. The van der Waals surface area contributed by atoms with Gasteiger partial charge in [0.25, 0.3) is 5.91 Å². The molecule has 2 heterocycles. The predicted molar refractivity (Wildman–Crippen MR) is 76.3 cm³/mol. The number of rotatable bonds is 1. The maximum absolute atomic E-state index is 12.7. The maximum Gasteiger partial charge on any atom is 0.254 e. The summed E-state index contributed by atoms with van der Waals surface area (Å²) in [5.74, 6) is 1.66. The van der Waals surface area contributed by atoms with E-state index in [0.717, 1.165) is 55.2 Å². The van der Waals surface area contributed by atoms with Gasteiger partial charge in [-0.25, -0.2) is 0 Å². The van der Waals surface area contributed by atoms with Gasteiger partial charge >= 0.3 is 0 Å². The van der Waals surface area contributed by atoms with Gasteiger partial charge in [0.05, 0.1) is 0 Å². The van der Waals surface area contributed by atoms with Gasteiger partial charge in [-0.1, -0.05) is 18.2 Å². The third kappa shape index (κ3) is 2.27. The number of nitrogens with one attached hydrogen (secondary N) is 1. The Labute approximate surface area is 115 Å². The minimum absolute atomic E-state index is 0.223. The first-order chi connectivity index (χ1) is 9.16. The first-order valence-corrected chi connectivity index (χ1v) is 7.23. The van der Waals surface area contributed by atoms with E-state index >= 15 is 0 Å². The number of benzene rings is 1. The van der Waals surface area contributed by atoms with Crippen molar-refractivity contribution in [2.24, 2.45) is 11.8 Å². The van der Waals surface area contributed by atoms with Crippen LogP contribution in [0, 0.1) is 25.7 Å². The number of carbonyl (C=O) groups excluding carboxylic acids is 1. The summed E-state index contributed by atoms with van der Waals surface area (Å²) in [5, 5.41) is 3.45. The van der Waals surface area contributed by atoms with Crippen molar-refractivity contribution >= 4 is 5.91 Å². The Morgan fingerprint density at radius 2 is 1.89 bits per heavy atom. The van der Waals surface area contributed by atoms with Crippen LogP contribution in [0.25, 0.3) is 0 Å². The molecule has 2 saturated heterocycles. The summed E-state index contributed by atoms with van der Waals surface area (Å²) in [6.45, 7) is 8.10. The molecule has 3 heteroatoms. The molecule has 1 aromatic rings. The Morgan fingerprint density at radius 1 is 1.21 bits per heavy atom. The van der Waals surface area contributed by atoms with Crippen LogP contribution in [0.15, 0.2) is 18.2 Å². The molecular formula is C16H22N2O. The lowest BCUT2D eigenvalue weighted by atomic mass is 9.88. The second kappa shape index (κ2) is 4.97. The molecule has 2 aliphatic rings. The zero-order valence-electron chi connectivity index (χ0n) is 11.8. The monoisotopic (exact) mass is 258 g/mol. The third-order valence-corrected chi connectivity index (χ3v) is 4.69. The van der Waals surface area contributed by atoms with Crippen molar-refractivity contribution in [2.75, 3.05) is 26.2 Å². The molecule has 19 heavy (non-hydrogen) atoms. The fraction of sp³-hybridized carbons (Fsp3) is 0.562. The molecule has 2 fully saturated rings. The van der Waals surface area contributed by atoms with Crippen LogP contribution >= 0.6 is 0 Å². The van der Waals surface area contributed by atoms with Gasteiger partial charge in [-0.15, -0.1) is 0 Å². The highest BCUT2D eigenvalue weighted by atomic mass is 16.2. The van der Waals surface area contributed by atoms with Crippen molar-refractivity contribution in [3.63, 3.8) is 0 Å². The second-order valence-electron chi connectivity index (χ2n) is 5.99. The molecule has 2 atom stereocenters. The van der Waals surface area contributed by atoms with Crippen LogP contribution in [0.3, 0.4) is 0 Å². The maximum atomic E-state index is 12.7. The molecule has 2 unspecified atom stereocenters. The van der Waals surface area contributed by atoms with E-state index in [1.54, 1.807) is 0 Å². The molecule has 0 spiro atoms. The number of nitrogens with zero attached hydrogens (tertiary/aromatic N) is 1. The van der Waals surface area contributed by atoms with Gasteiger partial charge in [0.1, 0.15) is 0 Å². The number of carbonyl (C=O) groups is 1. The fourth-order valence-corrected chi connectivity index (χ4v) is 3.53. The van der Waals surface area contributed by atoms with Crippen LogP contribution in [0.5, 0.6) is 0 Å². The van der Waals surface area contributed by atoms with Gasteiger partial charge in [-0.3, -0.25) is 4.79 Å². The smallest absolute Gasteiger partial charge is 0.254 e. The molecule has 0 aliphatic carbocycles. The highest BCUT2D eigenvalue weighted by molar-refractivity contribution is 5.97. The minimum Gasteiger partial charge on any atom is -0.338 e. The van der Waals surface area contributed by atoms with Crippen LogP contribution in [-0.2, 0) is 0 Å². The van der Waals surface area contributed by atoms with Crippen molar-refractivity contribution < 1.29 is 4.79 Å². The summed E-state index contributed by atoms with van der Waals surface area (Å²) in [4.78, 5) is 14.8. The summed E-state index contributed by atoms with van der Waals surface area (Å²) in [7, 11) is 0. The Kier molecular flexibility index (Phi) is 3.31. The van der Waals surface area contributed by atoms with Gasteiger partial charge in [0, 0.05) is 18.7 Å². The fourth-order valence-electron chi connectivity index (χ4n) is 3.53. The number of aryl methyl sites for hydroxylation is 2. The predicted octanol–water partition coefficient (Wildman–Crippen LogP) is 1.98. The van der Waals surface area contributed by atoms with Crippen LogP contribution in [0.1, 0.15) is 27.9 Å². The number of hydrogen-bond donors (Lipinski definition) is 1. The lowest BCUT2D eigenvalue weighted by Crippen LogP contribution is -2.43. The Bertz CT molecular complexity index is 477. The van der Waals surface area contributed by atoms with Crippen LogP contribution in [-0.4, -0.2) is 37.0 Å². The summed E-state index contributed by atoms with van der Waals surface area (Å²) in [5.41, 5.74) is 3.10. The van der Waals surface area contributed by atoms with Gasteiger partial charge in [0.2, 0.25) is 0 Å². The normalized spacial score (nSPS) is 26.3. The molecule has 102 valence electrons. The Balaban J connectivity index is 1.81. The average Bonchev–Trinajstić information content (AvgIpc) is 2.85. The van der Waals surface area contributed by atoms with E-state index in [4.69, 9.17) is 0 Å². The molecule has 1 N–H and O–H groups in total. The van der Waals surface area contributed by atoms with E-state index in [9.17, 15) is 4.79 Å². The molecule has 1 aromatic carbocycles. The molecule has 0 saturated carbocycles. The largest absolute Gasteiger partial charge is 0.338 e. The molecule has 3 rings (SSSR count). The zero-order chi connectivity index (χ0) is 13.4. The van der Waals surface area contributed by atoms with Crippen LogP contribution in [0.2, 0.25) is 0 Å². The SMILES string of the molecule is Cc1cccc(C)c1C(=O)N1CCC2CNCC2C1. The zero-order valence-corrected chi connectivity index (χ0v) is 11.8. The van der Waals surface area contributed by atoms with E-state index in [0.29, 0.717) is 5.92 Å². The van der Waals surface area contributed by atoms with Crippen LogP contribution < -0.4 is 5.32 Å². The number of hydrogen-bond acceptors (Lipinski definition) is 2. The molecule has 0 bridgehead atoms. The highest BCUT2D eigenvalue weighted by Gasteiger charge is 2.35. The first-order valence-electron chi connectivity index (χ1n) is 7.23. The van der Waals surface area contributed by atoms with Crippen LogP contribution in [0.4, 0.5) is 0 Å². The lowest BCUT2D eigenvalue weighted by Gasteiger charge is -2.35. The highest BCUT2D eigenvalue weighted by Crippen LogP contribution is 2.28. The number of likely N-dealkylation sites (tertiary alicyclic amines) is 1.